The maximum Gasteiger partial charge on any atom is 0.248 e. The van der Waals surface area contributed by atoms with E-state index in [1.54, 1.807) is 6.07 Å². The van der Waals surface area contributed by atoms with Crippen LogP contribution in [0, 0.1) is 6.92 Å². The number of carbonyl (C=O) groups excluding carboxylic acids is 1. The van der Waals surface area contributed by atoms with Crippen LogP contribution in [0.1, 0.15) is 21.7 Å². The van der Waals surface area contributed by atoms with Crippen LogP contribution < -0.4 is 10.6 Å². The van der Waals surface area contributed by atoms with Crippen molar-refractivity contribution in [2.75, 3.05) is 11.4 Å². The van der Waals surface area contributed by atoms with Crippen molar-refractivity contribution in [3.63, 3.8) is 0 Å². The Morgan fingerprint density at radius 1 is 1.16 bits per heavy atom. The lowest BCUT2D eigenvalue weighted by Gasteiger charge is -2.20. The molecule has 0 unspecified atom stereocenters. The fraction of sp³-hybridized carbons (Fsp3) is 0.167. The van der Waals surface area contributed by atoms with E-state index in [-0.39, 0.29) is 0 Å². The second-order valence-corrected chi connectivity index (χ2v) is 6.40. The van der Waals surface area contributed by atoms with Crippen molar-refractivity contribution in [1.29, 1.82) is 0 Å². The van der Waals surface area contributed by atoms with Crippen LogP contribution >= 0.6 is 11.6 Å². The summed E-state index contributed by atoms with van der Waals surface area (Å²) < 4.78 is 1.97. The van der Waals surface area contributed by atoms with Crippen LogP contribution in [0.2, 0.25) is 5.02 Å². The zero-order chi connectivity index (χ0) is 17.6. The molecule has 7 heteroatoms. The normalized spacial score (nSPS) is 13.1. The molecular weight excluding hydrogens is 338 g/mol. The number of anilines is 2. The molecule has 0 spiro atoms. The second-order valence-electron chi connectivity index (χ2n) is 5.97. The number of fused-ring (bicyclic) bond motifs is 1. The van der Waals surface area contributed by atoms with E-state index < -0.39 is 5.91 Å². The standard InChI is InChI=1S/C18H16ClN5O/c1-11-21-22-18(24(11)15-6-4-14(19)5-7-15)23-9-8-12-2-3-13(17(20)25)10-16(12)23/h2-7,10H,8-9H2,1H3,(H2,20,25). The number of aryl methyl sites for hydroxylation is 1. The number of halogens is 1. The average molecular weight is 354 g/mol. The smallest absolute Gasteiger partial charge is 0.248 e. The Hall–Kier alpha value is -2.86. The van der Waals surface area contributed by atoms with Crippen molar-refractivity contribution >= 4 is 29.1 Å². The van der Waals surface area contributed by atoms with Crippen LogP contribution in [-0.2, 0) is 6.42 Å². The molecule has 1 amide bonds. The number of nitrogens with two attached hydrogens (primary N) is 1. The third-order valence-corrected chi connectivity index (χ3v) is 4.65. The van der Waals surface area contributed by atoms with Gasteiger partial charge in [0.25, 0.3) is 0 Å². The molecule has 0 radical (unpaired) electrons. The van der Waals surface area contributed by atoms with Crippen LogP contribution in [0.3, 0.4) is 0 Å². The van der Waals surface area contributed by atoms with Gasteiger partial charge in [0.15, 0.2) is 0 Å². The third-order valence-electron chi connectivity index (χ3n) is 4.40. The summed E-state index contributed by atoms with van der Waals surface area (Å²) in [5.74, 6) is 1.04. The van der Waals surface area contributed by atoms with Crippen molar-refractivity contribution in [2.45, 2.75) is 13.3 Å². The first kappa shape index (κ1) is 15.7. The Kier molecular flexibility index (Phi) is 3.69. The van der Waals surface area contributed by atoms with E-state index in [9.17, 15) is 4.79 Å². The summed E-state index contributed by atoms with van der Waals surface area (Å²) in [6.07, 6.45) is 0.876. The molecule has 1 aliphatic rings. The number of hydrogen-bond acceptors (Lipinski definition) is 4. The van der Waals surface area contributed by atoms with Gasteiger partial charge in [-0.15, -0.1) is 10.2 Å². The lowest BCUT2D eigenvalue weighted by Crippen LogP contribution is -2.19. The molecule has 6 nitrogen and oxygen atoms in total. The van der Waals surface area contributed by atoms with Crippen molar-refractivity contribution in [1.82, 2.24) is 14.8 Å². The number of aromatic nitrogens is 3. The molecule has 2 heterocycles. The maximum absolute atomic E-state index is 11.5. The molecule has 2 aromatic carbocycles. The van der Waals surface area contributed by atoms with Crippen molar-refractivity contribution in [2.24, 2.45) is 5.73 Å². The molecule has 0 bridgehead atoms. The molecule has 3 aromatic rings. The minimum Gasteiger partial charge on any atom is -0.366 e. The lowest BCUT2D eigenvalue weighted by atomic mass is 10.1. The van der Waals surface area contributed by atoms with E-state index >= 15 is 0 Å². The van der Waals surface area contributed by atoms with E-state index in [0.717, 1.165) is 35.7 Å². The lowest BCUT2D eigenvalue weighted by molar-refractivity contribution is 0.100. The number of amides is 1. The predicted octanol–water partition coefficient (Wildman–Crippen LogP) is 3.02. The Morgan fingerprint density at radius 2 is 1.92 bits per heavy atom. The van der Waals surface area contributed by atoms with Gasteiger partial charge >= 0.3 is 0 Å². The zero-order valence-electron chi connectivity index (χ0n) is 13.6. The van der Waals surface area contributed by atoms with Crippen LogP contribution in [-0.4, -0.2) is 27.2 Å². The first-order valence-electron chi connectivity index (χ1n) is 7.93. The van der Waals surface area contributed by atoms with Crippen molar-refractivity contribution in [3.05, 3.63) is 64.4 Å². The van der Waals surface area contributed by atoms with Gasteiger partial charge in [-0.1, -0.05) is 17.7 Å². The van der Waals surface area contributed by atoms with Gasteiger partial charge in [-0.3, -0.25) is 9.36 Å². The molecule has 0 atom stereocenters. The summed E-state index contributed by atoms with van der Waals surface area (Å²) in [7, 11) is 0. The first-order valence-corrected chi connectivity index (χ1v) is 8.30. The van der Waals surface area contributed by atoms with Gasteiger partial charge in [-0.2, -0.15) is 0 Å². The highest BCUT2D eigenvalue weighted by atomic mass is 35.5. The fourth-order valence-electron chi connectivity index (χ4n) is 3.16. The SMILES string of the molecule is Cc1nnc(N2CCc3ccc(C(N)=O)cc32)n1-c1ccc(Cl)cc1. The van der Waals surface area contributed by atoms with Gasteiger partial charge in [0.1, 0.15) is 5.82 Å². The molecule has 4 rings (SSSR count). The average Bonchev–Trinajstić information content (AvgIpc) is 3.18. The molecule has 2 N–H and O–H groups in total. The predicted molar refractivity (Wildman–Crippen MR) is 96.8 cm³/mol. The van der Waals surface area contributed by atoms with E-state index in [4.69, 9.17) is 17.3 Å². The molecule has 0 aliphatic carbocycles. The molecule has 1 aromatic heterocycles. The van der Waals surface area contributed by atoms with Gasteiger partial charge in [-0.05, 0) is 55.3 Å². The molecular formula is C18H16ClN5O. The molecule has 25 heavy (non-hydrogen) atoms. The van der Waals surface area contributed by atoms with Crippen LogP contribution in [0.15, 0.2) is 42.5 Å². The fourth-order valence-corrected chi connectivity index (χ4v) is 3.28. The van der Waals surface area contributed by atoms with E-state index in [1.165, 1.54) is 0 Å². The summed E-state index contributed by atoms with van der Waals surface area (Å²) in [4.78, 5) is 13.6. The Bertz CT molecular complexity index is 964. The van der Waals surface area contributed by atoms with E-state index in [2.05, 4.69) is 15.1 Å². The summed E-state index contributed by atoms with van der Waals surface area (Å²) in [5, 5.41) is 9.27. The third kappa shape index (κ3) is 2.64. The number of nitrogens with zero attached hydrogens (tertiary/aromatic N) is 4. The summed E-state index contributed by atoms with van der Waals surface area (Å²) in [6, 6.07) is 13.1. The number of rotatable bonds is 3. The number of hydrogen-bond donors (Lipinski definition) is 1. The quantitative estimate of drug-likeness (QED) is 0.785. The van der Waals surface area contributed by atoms with Crippen LogP contribution in [0.4, 0.5) is 11.6 Å². The Labute approximate surface area is 149 Å². The Balaban J connectivity index is 1.82. The molecule has 126 valence electrons. The number of benzene rings is 2. The summed E-state index contributed by atoms with van der Waals surface area (Å²) in [6.45, 7) is 2.67. The van der Waals surface area contributed by atoms with Gasteiger partial charge in [0.2, 0.25) is 11.9 Å². The topological polar surface area (TPSA) is 77.0 Å². The second kappa shape index (κ2) is 5.89. The molecule has 1 aliphatic heterocycles. The minimum atomic E-state index is -0.440. The highest BCUT2D eigenvalue weighted by Gasteiger charge is 2.26. The highest BCUT2D eigenvalue weighted by molar-refractivity contribution is 6.30. The van der Waals surface area contributed by atoms with Gasteiger partial charge < -0.3 is 10.6 Å². The van der Waals surface area contributed by atoms with E-state index in [1.807, 2.05) is 47.9 Å². The van der Waals surface area contributed by atoms with Gasteiger partial charge in [-0.25, -0.2) is 0 Å². The summed E-state index contributed by atoms with van der Waals surface area (Å²) in [5.41, 5.74) is 8.95. The first-order chi connectivity index (χ1) is 12.0. The monoisotopic (exact) mass is 353 g/mol. The van der Waals surface area contributed by atoms with Gasteiger partial charge in [0.05, 0.1) is 5.69 Å². The number of carbonyl (C=O) groups is 1. The summed E-state index contributed by atoms with van der Waals surface area (Å²) >= 11 is 6.00. The Morgan fingerprint density at radius 3 is 2.64 bits per heavy atom. The van der Waals surface area contributed by atoms with Crippen molar-refractivity contribution < 1.29 is 4.79 Å². The van der Waals surface area contributed by atoms with Crippen LogP contribution in [0.5, 0.6) is 0 Å². The highest BCUT2D eigenvalue weighted by Crippen LogP contribution is 2.35. The minimum absolute atomic E-state index is 0.440. The molecule has 0 saturated carbocycles. The van der Waals surface area contributed by atoms with Gasteiger partial charge in [0, 0.05) is 22.8 Å². The van der Waals surface area contributed by atoms with E-state index in [0.29, 0.717) is 16.5 Å². The molecule has 0 fully saturated rings. The number of primary amides is 1. The van der Waals surface area contributed by atoms with Crippen LogP contribution in [0.25, 0.3) is 5.69 Å². The largest absolute Gasteiger partial charge is 0.366 e. The molecule has 0 saturated heterocycles. The van der Waals surface area contributed by atoms with Crippen molar-refractivity contribution in [3.8, 4) is 5.69 Å². The maximum atomic E-state index is 11.5. The zero-order valence-corrected chi connectivity index (χ0v) is 14.4.